The third kappa shape index (κ3) is 2.88. The number of rotatable bonds is 5. The smallest absolute Gasteiger partial charge is 0.134 e. The maximum Gasteiger partial charge on any atom is 0.134 e. The van der Waals surface area contributed by atoms with Crippen molar-refractivity contribution in [2.75, 3.05) is 11.9 Å². The highest BCUT2D eigenvalue weighted by molar-refractivity contribution is 5.50. The Hall–Kier alpha value is -1.84. The molecule has 0 bridgehead atoms. The van der Waals surface area contributed by atoms with E-state index < -0.39 is 0 Å². The van der Waals surface area contributed by atoms with Crippen LogP contribution in [0.4, 0.5) is 5.69 Å². The zero-order chi connectivity index (χ0) is 13.0. The van der Waals surface area contributed by atoms with Gasteiger partial charge < -0.3 is 9.88 Å². The number of hydrogen-bond donors (Lipinski definition) is 1. The Balaban J connectivity index is 1.93. The minimum absolute atomic E-state index is 0.411. The van der Waals surface area contributed by atoms with Crippen molar-refractivity contribution in [3.05, 3.63) is 42.0 Å². The van der Waals surface area contributed by atoms with Crippen LogP contribution in [-0.2, 0) is 6.42 Å². The van der Waals surface area contributed by atoms with E-state index in [2.05, 4.69) is 59.1 Å². The summed E-state index contributed by atoms with van der Waals surface area (Å²) in [5.41, 5.74) is 2.45. The second kappa shape index (κ2) is 5.67. The van der Waals surface area contributed by atoms with Crippen LogP contribution in [0.15, 0.2) is 30.6 Å². The van der Waals surface area contributed by atoms with Gasteiger partial charge in [-0.05, 0) is 32.4 Å². The van der Waals surface area contributed by atoms with Crippen LogP contribution >= 0.6 is 0 Å². The molecule has 0 fully saturated rings. The van der Waals surface area contributed by atoms with Gasteiger partial charge in [0.25, 0.3) is 0 Å². The van der Waals surface area contributed by atoms with Crippen LogP contribution in [0.2, 0.25) is 0 Å². The summed E-state index contributed by atoms with van der Waals surface area (Å²) in [5.74, 6) is 1.03. The number of hydrogen-bond acceptors (Lipinski definition) is 3. The van der Waals surface area contributed by atoms with Crippen molar-refractivity contribution < 1.29 is 0 Å². The van der Waals surface area contributed by atoms with Crippen LogP contribution in [-0.4, -0.2) is 21.3 Å². The molecule has 18 heavy (non-hydrogen) atoms. The Morgan fingerprint density at radius 1 is 1.28 bits per heavy atom. The Morgan fingerprint density at radius 3 is 2.78 bits per heavy atom. The molecule has 2 aromatic rings. The van der Waals surface area contributed by atoms with E-state index in [1.165, 1.54) is 11.3 Å². The van der Waals surface area contributed by atoms with E-state index in [4.69, 9.17) is 0 Å². The van der Waals surface area contributed by atoms with Crippen LogP contribution < -0.4 is 5.32 Å². The minimum atomic E-state index is 0.411. The zero-order valence-corrected chi connectivity index (χ0v) is 11.2. The summed E-state index contributed by atoms with van der Waals surface area (Å²) in [6.07, 6.45) is 2.68. The number of nitrogens with one attached hydrogen (secondary N) is 1. The fraction of sp³-hybridized carbons (Fsp3) is 0.429. The normalized spacial score (nSPS) is 10.9. The highest BCUT2D eigenvalue weighted by Gasteiger charge is 2.06. The van der Waals surface area contributed by atoms with Gasteiger partial charge in [-0.3, -0.25) is 0 Å². The summed E-state index contributed by atoms with van der Waals surface area (Å²) < 4.78 is 2.11. The third-order valence-electron chi connectivity index (χ3n) is 3.01. The molecule has 0 unspecified atom stereocenters. The lowest BCUT2D eigenvalue weighted by atomic mass is 10.2. The first-order valence-corrected chi connectivity index (χ1v) is 6.36. The van der Waals surface area contributed by atoms with Crippen molar-refractivity contribution in [1.82, 2.24) is 14.8 Å². The van der Waals surface area contributed by atoms with E-state index in [9.17, 15) is 0 Å². The minimum Gasteiger partial charge on any atom is -0.384 e. The maximum absolute atomic E-state index is 4.16. The molecule has 2 rings (SSSR count). The molecule has 0 aliphatic heterocycles. The highest BCUT2D eigenvalue weighted by atomic mass is 15.3. The van der Waals surface area contributed by atoms with Gasteiger partial charge in [-0.2, -0.15) is 0 Å². The Kier molecular flexibility index (Phi) is 3.97. The molecule has 0 radical (unpaired) electrons. The van der Waals surface area contributed by atoms with Crippen molar-refractivity contribution >= 4 is 5.69 Å². The summed E-state index contributed by atoms with van der Waals surface area (Å²) in [6.45, 7) is 7.26. The molecule has 0 aliphatic carbocycles. The molecule has 0 amide bonds. The predicted molar refractivity (Wildman–Crippen MR) is 73.8 cm³/mol. The van der Waals surface area contributed by atoms with Crippen LogP contribution in [0, 0.1) is 6.92 Å². The van der Waals surface area contributed by atoms with Gasteiger partial charge in [0.15, 0.2) is 0 Å². The summed E-state index contributed by atoms with van der Waals surface area (Å²) >= 11 is 0. The van der Waals surface area contributed by atoms with E-state index in [1.54, 1.807) is 6.33 Å². The molecular weight excluding hydrogens is 224 g/mol. The van der Waals surface area contributed by atoms with Gasteiger partial charge in [-0.25, -0.2) is 0 Å². The molecule has 0 spiro atoms. The molecule has 0 saturated heterocycles. The first kappa shape index (κ1) is 12.6. The largest absolute Gasteiger partial charge is 0.384 e. The van der Waals surface area contributed by atoms with Crippen LogP contribution in [0.5, 0.6) is 0 Å². The van der Waals surface area contributed by atoms with Gasteiger partial charge in [-0.1, -0.05) is 18.2 Å². The van der Waals surface area contributed by atoms with Gasteiger partial charge in [-0.15, -0.1) is 10.2 Å². The summed E-state index contributed by atoms with van der Waals surface area (Å²) in [5, 5.41) is 11.6. The fourth-order valence-electron chi connectivity index (χ4n) is 1.96. The van der Waals surface area contributed by atoms with Crippen LogP contribution in [0.25, 0.3) is 0 Å². The van der Waals surface area contributed by atoms with Gasteiger partial charge in [0.05, 0.1) is 0 Å². The molecule has 4 heteroatoms. The van der Waals surface area contributed by atoms with Gasteiger partial charge in [0.1, 0.15) is 12.2 Å². The van der Waals surface area contributed by atoms with Gasteiger partial charge in [0, 0.05) is 24.7 Å². The van der Waals surface area contributed by atoms with Crippen LogP contribution in [0.1, 0.15) is 31.3 Å². The molecule has 1 aromatic carbocycles. The van der Waals surface area contributed by atoms with Crippen molar-refractivity contribution in [2.24, 2.45) is 0 Å². The molecular formula is C14H20N4. The third-order valence-corrected chi connectivity index (χ3v) is 3.01. The molecule has 0 saturated carbocycles. The predicted octanol–water partition coefficient (Wildman–Crippen LogP) is 2.82. The van der Waals surface area contributed by atoms with E-state index in [0.29, 0.717) is 6.04 Å². The quantitative estimate of drug-likeness (QED) is 0.879. The number of para-hydroxylation sites is 1. The SMILES string of the molecule is Cc1ccccc1NCCc1nncn1C(C)C. The molecule has 1 N–H and O–H groups in total. The lowest BCUT2D eigenvalue weighted by Crippen LogP contribution is -2.12. The topological polar surface area (TPSA) is 42.7 Å². The molecule has 1 aromatic heterocycles. The number of aryl methyl sites for hydroxylation is 1. The summed E-state index contributed by atoms with van der Waals surface area (Å²) in [7, 11) is 0. The number of nitrogens with zero attached hydrogens (tertiary/aromatic N) is 3. The molecule has 96 valence electrons. The zero-order valence-electron chi connectivity index (χ0n) is 11.2. The Bertz CT molecular complexity index is 502. The fourth-order valence-corrected chi connectivity index (χ4v) is 1.96. The Labute approximate surface area is 108 Å². The van der Waals surface area contributed by atoms with Gasteiger partial charge in [0.2, 0.25) is 0 Å². The summed E-state index contributed by atoms with van der Waals surface area (Å²) in [6, 6.07) is 8.72. The van der Waals surface area contributed by atoms with Gasteiger partial charge >= 0.3 is 0 Å². The summed E-state index contributed by atoms with van der Waals surface area (Å²) in [4.78, 5) is 0. The van der Waals surface area contributed by atoms with Crippen molar-refractivity contribution in [3.63, 3.8) is 0 Å². The number of aromatic nitrogens is 3. The van der Waals surface area contributed by atoms with E-state index in [1.807, 2.05) is 6.07 Å². The highest BCUT2D eigenvalue weighted by Crippen LogP contribution is 2.13. The molecule has 0 atom stereocenters. The Morgan fingerprint density at radius 2 is 2.06 bits per heavy atom. The van der Waals surface area contributed by atoms with E-state index in [0.717, 1.165) is 18.8 Å². The molecule has 0 aliphatic rings. The first-order valence-electron chi connectivity index (χ1n) is 6.36. The van der Waals surface area contributed by atoms with Crippen LogP contribution in [0.3, 0.4) is 0 Å². The van der Waals surface area contributed by atoms with Crippen molar-refractivity contribution in [1.29, 1.82) is 0 Å². The second-order valence-electron chi connectivity index (χ2n) is 4.74. The monoisotopic (exact) mass is 244 g/mol. The molecule has 4 nitrogen and oxygen atoms in total. The molecule has 1 heterocycles. The average Bonchev–Trinajstić information content (AvgIpc) is 2.80. The maximum atomic E-state index is 4.16. The van der Waals surface area contributed by atoms with Crippen molar-refractivity contribution in [3.8, 4) is 0 Å². The number of anilines is 1. The average molecular weight is 244 g/mol. The van der Waals surface area contributed by atoms with Crippen molar-refractivity contribution in [2.45, 2.75) is 33.2 Å². The van der Waals surface area contributed by atoms with E-state index in [-0.39, 0.29) is 0 Å². The number of benzene rings is 1. The standard InChI is InChI=1S/C14H20N4/c1-11(2)18-10-16-17-14(18)8-9-15-13-7-5-4-6-12(13)3/h4-7,10-11,15H,8-9H2,1-3H3. The second-order valence-corrected chi connectivity index (χ2v) is 4.74. The first-order chi connectivity index (χ1) is 8.68. The van der Waals surface area contributed by atoms with E-state index >= 15 is 0 Å². The lowest BCUT2D eigenvalue weighted by Gasteiger charge is -2.11. The lowest BCUT2D eigenvalue weighted by molar-refractivity contribution is 0.568.